The third kappa shape index (κ3) is 6.94. The quantitative estimate of drug-likeness (QED) is 0.113. The number of hydrogen-bond donors (Lipinski definition) is 1. The van der Waals surface area contributed by atoms with Crippen LogP contribution in [0.3, 0.4) is 0 Å². The number of carboxylic acids is 1. The number of aryl methyl sites for hydroxylation is 1. The number of aromatic carboxylic acids is 1. The van der Waals surface area contributed by atoms with Gasteiger partial charge in [-0.2, -0.15) is 9.78 Å². The Morgan fingerprint density at radius 1 is 1.02 bits per heavy atom. The Bertz CT molecular complexity index is 2060. The molecule has 0 bridgehead atoms. The minimum Gasteiger partial charge on any atom is -0.496 e. The minimum absolute atomic E-state index is 0.135. The Labute approximate surface area is 273 Å². The van der Waals surface area contributed by atoms with Crippen LogP contribution in [-0.2, 0) is 13.0 Å². The van der Waals surface area contributed by atoms with Crippen molar-refractivity contribution < 1.29 is 24.1 Å². The van der Waals surface area contributed by atoms with Crippen LogP contribution in [-0.4, -0.2) is 41.2 Å². The maximum absolute atomic E-state index is 13.9. The summed E-state index contributed by atoms with van der Waals surface area (Å²) >= 11 is 0. The molecule has 1 heterocycles. The van der Waals surface area contributed by atoms with Gasteiger partial charge in [-0.15, -0.1) is 6.58 Å². The van der Waals surface area contributed by atoms with E-state index in [2.05, 4.69) is 20.4 Å². The first kappa shape index (κ1) is 32.7. The fourth-order valence-electron chi connectivity index (χ4n) is 5.43. The molecule has 9 nitrogen and oxygen atoms in total. The maximum Gasteiger partial charge on any atom is 0.335 e. The van der Waals surface area contributed by atoms with E-state index in [1.807, 2.05) is 37.3 Å². The van der Waals surface area contributed by atoms with E-state index in [1.165, 1.54) is 10.7 Å². The van der Waals surface area contributed by atoms with E-state index >= 15 is 0 Å². The number of carboxylic acid groups (broad SMARTS) is 1. The minimum atomic E-state index is -1.01. The first-order chi connectivity index (χ1) is 22.6. The van der Waals surface area contributed by atoms with Crippen LogP contribution in [0.4, 0.5) is 0 Å². The van der Waals surface area contributed by atoms with Crippen molar-refractivity contribution in [2.24, 2.45) is 5.10 Å². The van der Waals surface area contributed by atoms with Gasteiger partial charge < -0.3 is 19.3 Å². The molecule has 0 atom stereocenters. The van der Waals surface area contributed by atoms with Crippen molar-refractivity contribution in [2.45, 2.75) is 39.7 Å². The van der Waals surface area contributed by atoms with E-state index < -0.39 is 5.97 Å². The van der Waals surface area contributed by atoms with Crippen molar-refractivity contribution in [2.75, 3.05) is 14.2 Å². The number of allylic oxidation sites excluding steroid dienone is 1. The van der Waals surface area contributed by atoms with E-state index in [4.69, 9.17) is 24.3 Å². The first-order valence-corrected chi connectivity index (χ1v) is 15.2. The van der Waals surface area contributed by atoms with Crippen molar-refractivity contribution in [1.82, 2.24) is 9.66 Å². The number of nitrogens with zero attached hydrogens (tertiary/aromatic N) is 3. The van der Waals surface area contributed by atoms with E-state index in [0.29, 0.717) is 45.8 Å². The standard InChI is InChI=1S/C38H37N3O6/c1-7-11-27-18-26(19-34(46-6)35(27)47-22-25-12-10-13-28(17-25)38(43)44)21-39-41-36(40-32-15-9-8-14-29(32)37(41)42)31-20-30(23(2)3)33(45-5)16-24(31)4/h7-10,12-21,23H,1,11,22H2,2-6H3,(H,43,44). The monoisotopic (exact) mass is 631 g/mol. The van der Waals surface area contributed by atoms with Gasteiger partial charge in [-0.25, -0.2) is 9.78 Å². The lowest BCUT2D eigenvalue weighted by molar-refractivity contribution is 0.0696. The van der Waals surface area contributed by atoms with E-state index in [9.17, 15) is 14.7 Å². The van der Waals surface area contributed by atoms with Gasteiger partial charge in [0.15, 0.2) is 17.3 Å². The van der Waals surface area contributed by atoms with E-state index in [-0.39, 0.29) is 23.6 Å². The molecule has 0 spiro atoms. The van der Waals surface area contributed by atoms with Crippen LogP contribution < -0.4 is 19.8 Å². The van der Waals surface area contributed by atoms with Crippen LogP contribution >= 0.6 is 0 Å². The number of methoxy groups -OCH3 is 2. The normalized spacial score (nSPS) is 11.3. The highest BCUT2D eigenvalue weighted by molar-refractivity contribution is 5.87. The molecule has 1 N–H and O–H groups in total. The summed E-state index contributed by atoms with van der Waals surface area (Å²) in [5.41, 5.74) is 5.26. The lowest BCUT2D eigenvalue weighted by Gasteiger charge is -2.17. The highest BCUT2D eigenvalue weighted by Gasteiger charge is 2.19. The predicted octanol–water partition coefficient (Wildman–Crippen LogP) is 7.40. The topological polar surface area (TPSA) is 112 Å². The van der Waals surface area contributed by atoms with Crippen LogP contribution in [0.15, 0.2) is 95.3 Å². The Morgan fingerprint density at radius 3 is 2.49 bits per heavy atom. The summed E-state index contributed by atoms with van der Waals surface area (Å²) in [6.45, 7) is 10.2. The second-order valence-corrected chi connectivity index (χ2v) is 11.4. The summed E-state index contributed by atoms with van der Waals surface area (Å²) in [7, 11) is 3.19. The summed E-state index contributed by atoms with van der Waals surface area (Å²) in [5, 5.41) is 14.5. The van der Waals surface area contributed by atoms with Crippen molar-refractivity contribution >= 4 is 23.1 Å². The van der Waals surface area contributed by atoms with E-state index in [1.54, 1.807) is 62.9 Å². The number of hydrogen-bond acceptors (Lipinski definition) is 7. The molecule has 0 aliphatic carbocycles. The Hall–Kier alpha value is -5.70. The van der Waals surface area contributed by atoms with Gasteiger partial charge in [-0.1, -0.05) is 44.2 Å². The third-order valence-corrected chi connectivity index (χ3v) is 7.81. The number of ether oxygens (including phenoxy) is 3. The molecule has 0 saturated heterocycles. The number of carbonyl (C=O) groups is 1. The maximum atomic E-state index is 13.9. The average Bonchev–Trinajstić information content (AvgIpc) is 3.07. The summed E-state index contributed by atoms with van der Waals surface area (Å²) in [5.74, 6) is 1.31. The van der Waals surface area contributed by atoms with Gasteiger partial charge in [0.05, 0.1) is 36.9 Å². The molecule has 47 heavy (non-hydrogen) atoms. The van der Waals surface area contributed by atoms with Crippen LogP contribution in [0, 0.1) is 6.92 Å². The van der Waals surface area contributed by atoms with Crippen LogP contribution in [0.25, 0.3) is 22.3 Å². The smallest absolute Gasteiger partial charge is 0.335 e. The molecule has 0 unspecified atom stereocenters. The molecule has 0 radical (unpaired) electrons. The molecule has 5 aromatic rings. The Balaban J connectivity index is 1.60. The number of fused-ring (bicyclic) bond motifs is 1. The zero-order valence-electron chi connectivity index (χ0n) is 27.1. The fraction of sp³-hybridized carbons (Fsp3) is 0.211. The van der Waals surface area contributed by atoms with Gasteiger partial charge in [0, 0.05) is 11.1 Å². The molecule has 1 aromatic heterocycles. The molecule has 240 valence electrons. The lowest BCUT2D eigenvalue weighted by atomic mass is 9.96. The zero-order valence-corrected chi connectivity index (χ0v) is 27.1. The lowest BCUT2D eigenvalue weighted by Crippen LogP contribution is -2.21. The Morgan fingerprint density at radius 2 is 1.79 bits per heavy atom. The van der Waals surface area contributed by atoms with Crippen molar-refractivity contribution in [3.8, 4) is 28.6 Å². The number of benzene rings is 4. The number of aromatic nitrogens is 2. The van der Waals surface area contributed by atoms with Crippen LogP contribution in [0.1, 0.15) is 57.9 Å². The second kappa shape index (κ2) is 14.2. The van der Waals surface area contributed by atoms with Gasteiger partial charge in [-0.3, -0.25) is 4.79 Å². The van der Waals surface area contributed by atoms with Gasteiger partial charge >= 0.3 is 5.97 Å². The number of rotatable bonds is 12. The molecular weight excluding hydrogens is 594 g/mol. The second-order valence-electron chi connectivity index (χ2n) is 11.4. The van der Waals surface area contributed by atoms with Gasteiger partial charge in [0.2, 0.25) is 0 Å². The molecule has 9 heteroatoms. The largest absolute Gasteiger partial charge is 0.496 e. The van der Waals surface area contributed by atoms with Crippen LogP contribution in [0.5, 0.6) is 17.2 Å². The van der Waals surface area contributed by atoms with Crippen molar-refractivity contribution in [3.63, 3.8) is 0 Å². The molecule has 0 aliphatic rings. The molecule has 0 aliphatic heterocycles. The average molecular weight is 632 g/mol. The van der Waals surface area contributed by atoms with Crippen molar-refractivity contribution in [3.05, 3.63) is 129 Å². The first-order valence-electron chi connectivity index (χ1n) is 15.2. The van der Waals surface area contributed by atoms with Gasteiger partial charge in [0.1, 0.15) is 12.4 Å². The summed E-state index contributed by atoms with van der Waals surface area (Å²) in [4.78, 5) is 30.3. The third-order valence-electron chi connectivity index (χ3n) is 7.81. The Kier molecular flexibility index (Phi) is 9.85. The molecule has 0 amide bonds. The molecule has 0 saturated carbocycles. The molecule has 4 aromatic carbocycles. The zero-order chi connectivity index (χ0) is 33.7. The summed E-state index contributed by atoms with van der Waals surface area (Å²) in [6, 6.07) is 21.4. The summed E-state index contributed by atoms with van der Waals surface area (Å²) in [6.07, 6.45) is 3.81. The predicted molar refractivity (Wildman–Crippen MR) is 184 cm³/mol. The highest BCUT2D eigenvalue weighted by Crippen LogP contribution is 2.35. The number of para-hydroxylation sites is 1. The van der Waals surface area contributed by atoms with Crippen LogP contribution in [0.2, 0.25) is 0 Å². The highest BCUT2D eigenvalue weighted by atomic mass is 16.5. The SMILES string of the molecule is C=CCc1cc(C=Nn2c(-c3cc(C(C)C)c(OC)cc3C)nc3ccccc3c2=O)cc(OC)c1OCc1cccc(C(=O)O)c1. The van der Waals surface area contributed by atoms with E-state index in [0.717, 1.165) is 28.0 Å². The van der Waals surface area contributed by atoms with Gasteiger partial charge in [-0.05, 0) is 90.0 Å². The molecule has 0 fully saturated rings. The summed E-state index contributed by atoms with van der Waals surface area (Å²) < 4.78 is 18.9. The van der Waals surface area contributed by atoms with Crippen molar-refractivity contribution in [1.29, 1.82) is 0 Å². The molecular formula is C38H37N3O6. The molecule has 5 rings (SSSR count). The van der Waals surface area contributed by atoms with Gasteiger partial charge in [0.25, 0.3) is 5.56 Å². The fourth-order valence-corrected chi connectivity index (χ4v) is 5.43.